The Bertz CT molecular complexity index is 666. The lowest BCUT2D eigenvalue weighted by atomic mass is 9.71. The van der Waals surface area contributed by atoms with Crippen LogP contribution in [-0.2, 0) is 4.79 Å². The smallest absolute Gasteiger partial charge is 0.225 e. The number of piperidine rings is 2. The molecule has 1 N–H and O–H groups in total. The minimum absolute atomic E-state index is 0.168. The number of anilines is 1. The fourth-order valence-electron chi connectivity index (χ4n) is 4.26. The fourth-order valence-corrected chi connectivity index (χ4v) is 4.26. The first kappa shape index (κ1) is 19.7. The van der Waals surface area contributed by atoms with E-state index in [4.69, 9.17) is 0 Å². The molecule has 2 atom stereocenters. The predicted octanol–water partition coefficient (Wildman–Crippen LogP) is 2.54. The minimum atomic E-state index is -0.460. The monoisotopic (exact) mass is 376 g/mol. The summed E-state index contributed by atoms with van der Waals surface area (Å²) in [5.74, 6) is 0.191. The number of hydrogen-bond acceptors (Lipinski definition) is 5. The van der Waals surface area contributed by atoms with Gasteiger partial charge < -0.3 is 14.9 Å². The average molecular weight is 376 g/mol. The van der Waals surface area contributed by atoms with Gasteiger partial charge in [-0.1, -0.05) is 12.2 Å². The third-order valence-corrected chi connectivity index (χ3v) is 5.73. The number of rotatable bonds is 5. The molecule has 27 heavy (non-hydrogen) atoms. The van der Waals surface area contributed by atoms with E-state index in [1.54, 1.807) is 0 Å². The fraction of sp³-hybridized carbons (Fsp3) is 0.650. The van der Waals surface area contributed by atoms with Crippen LogP contribution in [0, 0.1) is 11.2 Å². The van der Waals surface area contributed by atoms with E-state index in [1.807, 2.05) is 22.8 Å². The molecule has 1 aromatic rings. The first-order valence-corrected chi connectivity index (χ1v) is 9.83. The lowest BCUT2D eigenvalue weighted by Crippen LogP contribution is -2.60. The number of aliphatic hydroxyl groups excluding tert-OH is 1. The highest BCUT2D eigenvalue weighted by Crippen LogP contribution is 2.39. The van der Waals surface area contributed by atoms with Gasteiger partial charge in [0.1, 0.15) is 0 Å². The SMILES string of the molecule is C/C=C/CCCC(=O)N1CCC[C@]2(C1)CN(c1ncc(F)cn1)CC[C@H]2O. The van der Waals surface area contributed by atoms with Crippen molar-refractivity contribution in [2.75, 3.05) is 31.1 Å². The Hall–Kier alpha value is -2.02. The van der Waals surface area contributed by atoms with E-state index in [1.165, 1.54) is 12.4 Å². The molecular formula is C20H29FN4O2. The lowest BCUT2D eigenvalue weighted by Gasteiger charge is -2.51. The molecule has 0 aliphatic carbocycles. The molecule has 0 bridgehead atoms. The molecular weight excluding hydrogens is 347 g/mol. The van der Waals surface area contributed by atoms with Gasteiger partial charge in [-0.2, -0.15) is 0 Å². The van der Waals surface area contributed by atoms with Crippen molar-refractivity contribution in [3.63, 3.8) is 0 Å². The Kier molecular flexibility index (Phi) is 6.42. The first-order valence-electron chi connectivity index (χ1n) is 9.83. The molecule has 3 rings (SSSR count). The van der Waals surface area contributed by atoms with E-state index in [0.717, 1.165) is 32.2 Å². The van der Waals surface area contributed by atoms with Crippen LogP contribution in [0.5, 0.6) is 0 Å². The Labute approximate surface area is 160 Å². The summed E-state index contributed by atoms with van der Waals surface area (Å²) in [6.45, 7) is 4.52. The Morgan fingerprint density at radius 1 is 1.37 bits per heavy atom. The van der Waals surface area contributed by atoms with Gasteiger partial charge in [0.15, 0.2) is 5.82 Å². The van der Waals surface area contributed by atoms with E-state index in [0.29, 0.717) is 38.4 Å². The lowest BCUT2D eigenvalue weighted by molar-refractivity contribution is -0.138. The standard InChI is InChI=1S/C20H29FN4O2/c1-2-3-4-5-7-18(27)24-10-6-9-20(14-24)15-25(11-8-17(20)26)19-22-12-16(21)13-23-19/h2-3,12-13,17,26H,4-11,14-15H2,1H3/b3-2+/t17-,20+/m1/s1. The van der Waals surface area contributed by atoms with Crippen LogP contribution in [-0.4, -0.2) is 58.2 Å². The van der Waals surface area contributed by atoms with Gasteiger partial charge in [0.05, 0.1) is 18.5 Å². The largest absolute Gasteiger partial charge is 0.392 e. The minimum Gasteiger partial charge on any atom is -0.392 e. The molecule has 3 heterocycles. The highest BCUT2D eigenvalue weighted by Gasteiger charge is 2.46. The number of carbonyl (C=O) groups is 1. The zero-order valence-electron chi connectivity index (χ0n) is 16.0. The van der Waals surface area contributed by atoms with Crippen molar-refractivity contribution in [1.29, 1.82) is 0 Å². The molecule has 2 aliphatic rings. The van der Waals surface area contributed by atoms with Crippen LogP contribution < -0.4 is 4.90 Å². The summed E-state index contributed by atoms with van der Waals surface area (Å²) in [6.07, 6.45) is 10.6. The molecule has 2 saturated heterocycles. The number of amides is 1. The third kappa shape index (κ3) is 4.64. The van der Waals surface area contributed by atoms with Gasteiger partial charge >= 0.3 is 0 Å². The zero-order valence-corrected chi connectivity index (χ0v) is 16.0. The molecule has 0 unspecified atom stereocenters. The maximum absolute atomic E-state index is 13.1. The van der Waals surface area contributed by atoms with Crippen LogP contribution in [0.1, 0.15) is 45.4 Å². The number of nitrogens with zero attached hydrogens (tertiary/aromatic N) is 4. The van der Waals surface area contributed by atoms with Gasteiger partial charge in [0.2, 0.25) is 11.9 Å². The maximum Gasteiger partial charge on any atom is 0.225 e. The summed E-state index contributed by atoms with van der Waals surface area (Å²) in [6, 6.07) is 0. The summed E-state index contributed by atoms with van der Waals surface area (Å²) in [5, 5.41) is 10.8. The van der Waals surface area contributed by atoms with E-state index in [-0.39, 0.29) is 11.3 Å². The molecule has 1 aromatic heterocycles. The molecule has 2 fully saturated rings. The van der Waals surface area contributed by atoms with Gasteiger partial charge in [-0.05, 0) is 39.0 Å². The number of carbonyl (C=O) groups excluding carboxylic acids is 1. The molecule has 7 heteroatoms. The number of aromatic nitrogens is 2. The molecule has 6 nitrogen and oxygen atoms in total. The molecule has 0 radical (unpaired) electrons. The maximum atomic E-state index is 13.1. The normalized spacial score (nSPS) is 26.1. The van der Waals surface area contributed by atoms with E-state index < -0.39 is 11.9 Å². The average Bonchev–Trinajstić information content (AvgIpc) is 2.68. The molecule has 0 aromatic carbocycles. The Morgan fingerprint density at radius 2 is 2.15 bits per heavy atom. The highest BCUT2D eigenvalue weighted by molar-refractivity contribution is 5.76. The van der Waals surface area contributed by atoms with Gasteiger partial charge in [-0.15, -0.1) is 0 Å². The number of unbranched alkanes of at least 4 members (excludes halogenated alkanes) is 1. The number of hydrogen-bond donors (Lipinski definition) is 1. The summed E-state index contributed by atoms with van der Waals surface area (Å²) >= 11 is 0. The second-order valence-corrected chi connectivity index (χ2v) is 7.67. The molecule has 0 saturated carbocycles. The number of halogens is 1. The van der Waals surface area contributed by atoms with Gasteiger partial charge in [0, 0.05) is 38.0 Å². The molecule has 148 valence electrons. The van der Waals surface area contributed by atoms with Crippen LogP contribution >= 0.6 is 0 Å². The quantitative estimate of drug-likeness (QED) is 0.632. The summed E-state index contributed by atoms with van der Waals surface area (Å²) in [4.78, 5) is 24.7. The van der Waals surface area contributed by atoms with Gasteiger partial charge in [-0.3, -0.25) is 4.79 Å². The van der Waals surface area contributed by atoms with Crippen molar-refractivity contribution in [2.24, 2.45) is 5.41 Å². The number of allylic oxidation sites excluding steroid dienone is 2. The van der Waals surface area contributed by atoms with Crippen molar-refractivity contribution in [2.45, 2.75) is 51.6 Å². The van der Waals surface area contributed by atoms with Crippen LogP contribution in [0.15, 0.2) is 24.5 Å². The third-order valence-electron chi connectivity index (χ3n) is 5.73. The van der Waals surface area contributed by atoms with Crippen molar-refractivity contribution in [3.8, 4) is 0 Å². The van der Waals surface area contributed by atoms with E-state index in [2.05, 4.69) is 16.0 Å². The first-order chi connectivity index (χ1) is 13.0. The highest BCUT2D eigenvalue weighted by atomic mass is 19.1. The molecule has 1 amide bonds. The Morgan fingerprint density at radius 3 is 2.89 bits per heavy atom. The second kappa shape index (κ2) is 8.78. The van der Waals surface area contributed by atoms with Crippen molar-refractivity contribution < 1.29 is 14.3 Å². The summed E-state index contributed by atoms with van der Waals surface area (Å²) in [7, 11) is 0. The predicted molar refractivity (Wildman–Crippen MR) is 102 cm³/mol. The van der Waals surface area contributed by atoms with Crippen molar-refractivity contribution >= 4 is 11.9 Å². The number of aliphatic hydroxyl groups is 1. The van der Waals surface area contributed by atoms with Crippen LogP contribution in [0.3, 0.4) is 0 Å². The summed E-state index contributed by atoms with van der Waals surface area (Å²) < 4.78 is 13.1. The summed E-state index contributed by atoms with van der Waals surface area (Å²) in [5.41, 5.74) is -0.368. The van der Waals surface area contributed by atoms with E-state index >= 15 is 0 Å². The van der Waals surface area contributed by atoms with Gasteiger partial charge in [-0.25, -0.2) is 14.4 Å². The Balaban J connectivity index is 1.67. The van der Waals surface area contributed by atoms with Crippen molar-refractivity contribution in [3.05, 3.63) is 30.4 Å². The van der Waals surface area contributed by atoms with Crippen LogP contribution in [0.4, 0.5) is 10.3 Å². The van der Waals surface area contributed by atoms with Gasteiger partial charge in [0.25, 0.3) is 0 Å². The van der Waals surface area contributed by atoms with Crippen LogP contribution in [0.2, 0.25) is 0 Å². The topological polar surface area (TPSA) is 69.6 Å². The number of likely N-dealkylation sites (tertiary alicyclic amines) is 1. The molecule has 1 spiro atoms. The van der Waals surface area contributed by atoms with E-state index in [9.17, 15) is 14.3 Å². The molecule has 2 aliphatic heterocycles. The van der Waals surface area contributed by atoms with Crippen LogP contribution in [0.25, 0.3) is 0 Å². The zero-order chi connectivity index (χ0) is 19.3. The van der Waals surface area contributed by atoms with Crippen molar-refractivity contribution in [1.82, 2.24) is 14.9 Å². The second-order valence-electron chi connectivity index (χ2n) is 7.67.